The van der Waals surface area contributed by atoms with Crippen LogP contribution in [0.1, 0.15) is 5.56 Å². The lowest BCUT2D eigenvalue weighted by molar-refractivity contribution is 0.0676. The summed E-state index contributed by atoms with van der Waals surface area (Å²) in [5.74, 6) is 0. The number of hydrogen-bond acceptors (Lipinski definition) is 3. The van der Waals surface area contributed by atoms with E-state index in [9.17, 15) is 0 Å². The summed E-state index contributed by atoms with van der Waals surface area (Å²) in [6, 6.07) is 14.8. The number of benzene rings is 2. The Balaban J connectivity index is 1.61. The number of ether oxygens (including phenoxy) is 3. The second kappa shape index (κ2) is 4.30. The standard InChI is InChI=1S/C16H16O3/c1-2-6-14-12(4-1)5-3-7-15(14)16(11-19-16)10-17-8-13-9-18-13/h1-7,13H,8-11H2. The molecule has 19 heavy (non-hydrogen) atoms. The zero-order valence-corrected chi connectivity index (χ0v) is 10.7. The maximum atomic E-state index is 5.74. The summed E-state index contributed by atoms with van der Waals surface area (Å²) in [4.78, 5) is 0. The van der Waals surface area contributed by atoms with Crippen molar-refractivity contribution in [1.29, 1.82) is 0 Å². The van der Waals surface area contributed by atoms with E-state index in [1.54, 1.807) is 0 Å². The molecule has 3 nitrogen and oxygen atoms in total. The van der Waals surface area contributed by atoms with Gasteiger partial charge in [0.2, 0.25) is 0 Å². The van der Waals surface area contributed by atoms with Crippen LogP contribution in [0.3, 0.4) is 0 Å². The third kappa shape index (κ3) is 2.14. The van der Waals surface area contributed by atoms with Gasteiger partial charge in [0.25, 0.3) is 0 Å². The molecule has 2 aliphatic rings. The molecule has 2 atom stereocenters. The van der Waals surface area contributed by atoms with Gasteiger partial charge in [-0.15, -0.1) is 0 Å². The molecule has 0 radical (unpaired) electrons. The average Bonchev–Trinajstić information content (AvgIpc) is 3.34. The quantitative estimate of drug-likeness (QED) is 0.771. The van der Waals surface area contributed by atoms with Crippen LogP contribution in [0.2, 0.25) is 0 Å². The molecule has 0 saturated carbocycles. The predicted octanol–water partition coefficient (Wildman–Crippen LogP) is 2.48. The molecule has 4 rings (SSSR count). The van der Waals surface area contributed by atoms with Crippen molar-refractivity contribution < 1.29 is 14.2 Å². The van der Waals surface area contributed by atoms with Crippen molar-refractivity contribution in [2.24, 2.45) is 0 Å². The predicted molar refractivity (Wildman–Crippen MR) is 72.1 cm³/mol. The molecule has 0 aliphatic carbocycles. The van der Waals surface area contributed by atoms with E-state index >= 15 is 0 Å². The van der Waals surface area contributed by atoms with Gasteiger partial charge in [0.1, 0.15) is 11.7 Å². The van der Waals surface area contributed by atoms with Gasteiger partial charge in [0.05, 0.1) is 26.4 Å². The van der Waals surface area contributed by atoms with E-state index in [-0.39, 0.29) is 5.60 Å². The molecule has 0 aromatic heterocycles. The zero-order valence-electron chi connectivity index (χ0n) is 10.7. The van der Waals surface area contributed by atoms with E-state index in [0.717, 1.165) is 13.2 Å². The Kier molecular flexibility index (Phi) is 2.58. The molecule has 2 fully saturated rings. The fourth-order valence-electron chi connectivity index (χ4n) is 2.55. The topological polar surface area (TPSA) is 34.3 Å². The van der Waals surface area contributed by atoms with Crippen LogP contribution in [0, 0.1) is 0 Å². The first-order valence-electron chi connectivity index (χ1n) is 6.69. The van der Waals surface area contributed by atoms with Crippen molar-refractivity contribution in [2.75, 3.05) is 26.4 Å². The molecule has 2 unspecified atom stereocenters. The zero-order chi connectivity index (χ0) is 12.7. The first kappa shape index (κ1) is 11.4. The fourth-order valence-corrected chi connectivity index (χ4v) is 2.55. The molecular formula is C16H16O3. The van der Waals surface area contributed by atoms with E-state index in [0.29, 0.717) is 19.3 Å². The molecule has 0 bridgehead atoms. The van der Waals surface area contributed by atoms with Crippen molar-refractivity contribution in [2.45, 2.75) is 11.7 Å². The molecular weight excluding hydrogens is 240 g/mol. The number of rotatable bonds is 5. The van der Waals surface area contributed by atoms with Crippen LogP contribution in [-0.2, 0) is 19.8 Å². The summed E-state index contributed by atoms with van der Waals surface area (Å²) >= 11 is 0. The van der Waals surface area contributed by atoms with Crippen molar-refractivity contribution >= 4 is 10.8 Å². The monoisotopic (exact) mass is 256 g/mol. The van der Waals surface area contributed by atoms with Gasteiger partial charge in [-0.1, -0.05) is 42.5 Å². The van der Waals surface area contributed by atoms with E-state index in [4.69, 9.17) is 14.2 Å². The van der Waals surface area contributed by atoms with Crippen LogP contribution in [0.15, 0.2) is 42.5 Å². The van der Waals surface area contributed by atoms with Crippen molar-refractivity contribution in [1.82, 2.24) is 0 Å². The van der Waals surface area contributed by atoms with Crippen molar-refractivity contribution in [3.63, 3.8) is 0 Å². The van der Waals surface area contributed by atoms with Crippen LogP contribution in [0.25, 0.3) is 10.8 Å². The van der Waals surface area contributed by atoms with E-state index in [2.05, 4.69) is 42.5 Å². The largest absolute Gasteiger partial charge is 0.375 e. The number of fused-ring (bicyclic) bond motifs is 1. The Morgan fingerprint density at radius 1 is 1.16 bits per heavy atom. The summed E-state index contributed by atoms with van der Waals surface area (Å²) in [5.41, 5.74) is 0.998. The van der Waals surface area contributed by atoms with Crippen LogP contribution in [-0.4, -0.2) is 32.5 Å². The molecule has 0 N–H and O–H groups in total. The highest BCUT2D eigenvalue weighted by atomic mass is 16.6. The van der Waals surface area contributed by atoms with Crippen LogP contribution in [0.4, 0.5) is 0 Å². The molecule has 0 amide bonds. The van der Waals surface area contributed by atoms with Gasteiger partial charge in [-0.05, 0) is 16.3 Å². The van der Waals surface area contributed by atoms with Gasteiger partial charge in [0.15, 0.2) is 0 Å². The average molecular weight is 256 g/mol. The summed E-state index contributed by atoms with van der Waals surface area (Å²) in [6.07, 6.45) is 0.309. The summed E-state index contributed by atoms with van der Waals surface area (Å²) in [6.45, 7) is 2.87. The highest BCUT2D eigenvalue weighted by molar-refractivity contribution is 5.86. The lowest BCUT2D eigenvalue weighted by Gasteiger charge is -2.15. The number of hydrogen-bond donors (Lipinski definition) is 0. The minimum absolute atomic E-state index is 0.240. The van der Waals surface area contributed by atoms with Gasteiger partial charge in [-0.2, -0.15) is 0 Å². The van der Waals surface area contributed by atoms with E-state index in [1.165, 1.54) is 16.3 Å². The van der Waals surface area contributed by atoms with Gasteiger partial charge < -0.3 is 14.2 Å². The minimum Gasteiger partial charge on any atom is -0.375 e. The highest BCUT2D eigenvalue weighted by Crippen LogP contribution is 2.42. The van der Waals surface area contributed by atoms with Gasteiger partial charge in [-0.25, -0.2) is 0 Å². The molecule has 2 aliphatic heterocycles. The molecule has 2 aromatic carbocycles. The molecule has 3 heteroatoms. The first-order valence-corrected chi connectivity index (χ1v) is 6.69. The van der Waals surface area contributed by atoms with Crippen LogP contribution >= 0.6 is 0 Å². The third-order valence-corrected chi connectivity index (χ3v) is 3.81. The molecule has 2 heterocycles. The second-order valence-corrected chi connectivity index (χ2v) is 5.28. The fraction of sp³-hybridized carbons (Fsp3) is 0.375. The normalized spacial score (nSPS) is 28.5. The van der Waals surface area contributed by atoms with Crippen molar-refractivity contribution in [3.05, 3.63) is 48.0 Å². The summed E-state index contributed by atoms with van der Waals surface area (Å²) < 4.78 is 16.6. The molecule has 0 spiro atoms. The molecule has 2 saturated heterocycles. The van der Waals surface area contributed by atoms with Crippen LogP contribution < -0.4 is 0 Å². The Morgan fingerprint density at radius 2 is 1.95 bits per heavy atom. The van der Waals surface area contributed by atoms with Gasteiger partial charge in [0, 0.05) is 0 Å². The second-order valence-electron chi connectivity index (χ2n) is 5.28. The lowest BCUT2D eigenvalue weighted by Crippen LogP contribution is -2.19. The Labute approximate surface area is 112 Å². The van der Waals surface area contributed by atoms with E-state index < -0.39 is 0 Å². The van der Waals surface area contributed by atoms with Crippen LogP contribution in [0.5, 0.6) is 0 Å². The van der Waals surface area contributed by atoms with Gasteiger partial charge >= 0.3 is 0 Å². The Hall–Kier alpha value is -1.42. The van der Waals surface area contributed by atoms with E-state index in [1.807, 2.05) is 0 Å². The molecule has 2 aromatic rings. The summed E-state index contributed by atoms with van der Waals surface area (Å²) in [7, 11) is 0. The SMILES string of the molecule is c1ccc2c(C3(COCC4CO4)CO3)cccc2c1. The minimum atomic E-state index is -0.240. The maximum absolute atomic E-state index is 5.74. The summed E-state index contributed by atoms with van der Waals surface area (Å²) in [5, 5.41) is 2.51. The highest BCUT2D eigenvalue weighted by Gasteiger charge is 2.48. The Bertz CT molecular complexity index is 594. The lowest BCUT2D eigenvalue weighted by atomic mass is 9.94. The Morgan fingerprint density at radius 3 is 2.74 bits per heavy atom. The maximum Gasteiger partial charge on any atom is 0.140 e. The van der Waals surface area contributed by atoms with Crippen molar-refractivity contribution in [3.8, 4) is 0 Å². The number of epoxide rings is 2. The molecule has 98 valence electrons. The third-order valence-electron chi connectivity index (χ3n) is 3.81. The smallest absolute Gasteiger partial charge is 0.140 e. The first-order chi connectivity index (χ1) is 9.37. The van der Waals surface area contributed by atoms with Gasteiger partial charge in [-0.3, -0.25) is 0 Å².